The van der Waals surface area contributed by atoms with Gasteiger partial charge in [0, 0.05) is 30.0 Å². The van der Waals surface area contributed by atoms with Crippen molar-refractivity contribution in [2.24, 2.45) is 5.14 Å². The number of primary sulfonamides is 1. The number of nitrogens with two attached hydrogens (primary N) is 1. The van der Waals surface area contributed by atoms with E-state index in [0.29, 0.717) is 35.0 Å². The van der Waals surface area contributed by atoms with Gasteiger partial charge in [-0.1, -0.05) is 12.1 Å². The minimum Gasteiger partial charge on any atom is -0.494 e. The molecule has 0 unspecified atom stereocenters. The van der Waals surface area contributed by atoms with E-state index in [1.54, 1.807) is 36.4 Å². The molecule has 0 spiro atoms. The number of halogens is 3. The summed E-state index contributed by atoms with van der Waals surface area (Å²) in [6.07, 6.45) is 0.228. The first-order valence-corrected chi connectivity index (χ1v) is 21.8. The minimum absolute atomic E-state index is 0.0106. The monoisotopic (exact) mass is 838 g/mol. The Morgan fingerprint density at radius 2 is 1.38 bits per heavy atom. The lowest BCUT2D eigenvalue weighted by Gasteiger charge is -2.17. The third-order valence-corrected chi connectivity index (χ3v) is 9.89. The molecule has 0 aliphatic heterocycles. The lowest BCUT2D eigenvalue weighted by Crippen LogP contribution is -2.26. The van der Waals surface area contributed by atoms with Crippen LogP contribution in [0.2, 0.25) is 0 Å². The van der Waals surface area contributed by atoms with E-state index in [1.807, 2.05) is 19.2 Å². The molecule has 0 amide bonds. The van der Waals surface area contributed by atoms with Gasteiger partial charge in [-0.3, -0.25) is 9.44 Å². The first kappa shape index (κ1) is 43.6. The summed E-state index contributed by atoms with van der Waals surface area (Å²) in [5.41, 5.74) is 2.46. The largest absolute Gasteiger partial charge is 0.494 e. The Morgan fingerprint density at radius 1 is 0.804 bits per heavy atom. The molecule has 20 heteroatoms. The summed E-state index contributed by atoms with van der Waals surface area (Å²) in [6.45, 7) is 2.07. The highest BCUT2D eigenvalue weighted by atomic mass is 32.2. The number of benzene rings is 4. The van der Waals surface area contributed by atoms with Crippen molar-refractivity contribution in [3.63, 3.8) is 0 Å². The summed E-state index contributed by atoms with van der Waals surface area (Å²) < 4.78 is 124. The van der Waals surface area contributed by atoms with Gasteiger partial charge in [0.05, 0.1) is 35.9 Å². The normalized spacial score (nSPS) is 11.9. The van der Waals surface area contributed by atoms with Crippen molar-refractivity contribution in [1.29, 1.82) is 0 Å². The van der Waals surface area contributed by atoms with Crippen molar-refractivity contribution in [2.45, 2.75) is 17.7 Å². The molecule has 0 radical (unpaired) electrons. The fraction of sp³-hybridized carbons (Fsp3) is 0.250. The van der Waals surface area contributed by atoms with Crippen LogP contribution in [0.15, 0.2) is 102 Å². The van der Waals surface area contributed by atoms with Gasteiger partial charge in [0.2, 0.25) is 30.1 Å². The van der Waals surface area contributed by atoms with E-state index in [2.05, 4.69) is 19.4 Å². The van der Waals surface area contributed by atoms with Crippen LogP contribution in [0.3, 0.4) is 0 Å². The number of hydrogen-bond acceptors (Lipinski definition) is 10. The summed E-state index contributed by atoms with van der Waals surface area (Å²) in [6, 6.07) is 24.4. The standard InChI is InChI=1S/C19H27N3O5S2.C17H14F3N3O3S/c1-22(13-12-16-4-6-17(7-5-16)20-28(2,23)24)14-15-27-19-10-8-18(9-11-19)21-29(3,25)26;1-26-16-7-2-10(8-13(16)18)15-9-14(17(19)20)22-23(15)11-3-5-12(6-4-11)27(21,24)25/h4-11,20-21H,12-15H2,1-3H3;2-9,17H,1H3,(H2,21,24,25). The zero-order chi connectivity index (χ0) is 41.3. The molecule has 56 heavy (non-hydrogen) atoms. The number of rotatable bonds is 16. The summed E-state index contributed by atoms with van der Waals surface area (Å²) in [5, 5.41) is 8.90. The average molecular weight is 839 g/mol. The molecule has 0 saturated carbocycles. The molecule has 1 heterocycles. The third kappa shape index (κ3) is 13.6. The smallest absolute Gasteiger partial charge is 0.282 e. The molecule has 0 bridgehead atoms. The lowest BCUT2D eigenvalue weighted by molar-refractivity contribution is 0.145. The van der Waals surface area contributed by atoms with E-state index in [4.69, 9.17) is 14.6 Å². The molecule has 0 aliphatic rings. The topological polar surface area (TPSA) is 192 Å². The van der Waals surface area contributed by atoms with Gasteiger partial charge in [0.25, 0.3) is 6.43 Å². The SMILES string of the molecule is CN(CCOc1ccc(NS(C)(=O)=O)cc1)CCc1ccc(NS(C)(=O)=O)cc1.COc1ccc(-c2cc(C(F)F)nn2-c2ccc(S(N)(=O)=O)cc2)cc1F. The van der Waals surface area contributed by atoms with Crippen LogP contribution in [-0.2, 0) is 36.5 Å². The first-order valence-electron chi connectivity index (χ1n) is 16.5. The van der Waals surface area contributed by atoms with E-state index < -0.39 is 48.0 Å². The molecule has 1 aromatic heterocycles. The van der Waals surface area contributed by atoms with Gasteiger partial charge in [0.1, 0.15) is 18.1 Å². The van der Waals surface area contributed by atoms with E-state index in [1.165, 1.54) is 48.2 Å². The first-order chi connectivity index (χ1) is 26.2. The number of anilines is 2. The number of ether oxygens (including phenoxy) is 2. The van der Waals surface area contributed by atoms with Crippen LogP contribution in [0.5, 0.6) is 11.5 Å². The second kappa shape index (κ2) is 18.7. The van der Waals surface area contributed by atoms with Crippen LogP contribution < -0.4 is 24.1 Å². The van der Waals surface area contributed by atoms with Crippen LogP contribution in [0, 0.1) is 5.82 Å². The van der Waals surface area contributed by atoms with Gasteiger partial charge in [-0.25, -0.2) is 48.2 Å². The highest BCUT2D eigenvalue weighted by molar-refractivity contribution is 7.92. The Labute approximate surface area is 324 Å². The highest BCUT2D eigenvalue weighted by Crippen LogP contribution is 2.31. The van der Waals surface area contributed by atoms with Crippen molar-refractivity contribution < 1.29 is 47.9 Å². The number of methoxy groups -OCH3 is 1. The van der Waals surface area contributed by atoms with Crippen molar-refractivity contribution >= 4 is 41.4 Å². The molecular formula is C36H41F3N6O8S3. The molecule has 0 saturated heterocycles. The average Bonchev–Trinajstić information content (AvgIpc) is 3.57. The second-order valence-corrected chi connectivity index (χ2v) is 17.5. The number of hydrogen-bond donors (Lipinski definition) is 3. The van der Waals surface area contributed by atoms with Crippen molar-refractivity contribution in [3.05, 3.63) is 114 Å². The lowest BCUT2D eigenvalue weighted by atomic mass is 10.1. The summed E-state index contributed by atoms with van der Waals surface area (Å²) in [7, 11) is -7.13. The molecular weight excluding hydrogens is 798 g/mol. The van der Waals surface area contributed by atoms with Gasteiger partial charge in [0.15, 0.2) is 11.6 Å². The van der Waals surface area contributed by atoms with Gasteiger partial charge in [-0.05, 0) is 104 Å². The van der Waals surface area contributed by atoms with Gasteiger partial charge in [-0.15, -0.1) is 0 Å². The number of alkyl halides is 2. The van der Waals surface area contributed by atoms with E-state index in [-0.39, 0.29) is 16.3 Å². The maximum atomic E-state index is 14.0. The molecule has 4 aromatic carbocycles. The Morgan fingerprint density at radius 3 is 1.88 bits per heavy atom. The van der Waals surface area contributed by atoms with E-state index in [0.717, 1.165) is 49.7 Å². The second-order valence-electron chi connectivity index (χ2n) is 12.4. The van der Waals surface area contributed by atoms with E-state index in [9.17, 15) is 38.4 Å². The number of likely N-dealkylation sites (N-methyl/N-ethyl adjacent to an activating group) is 1. The van der Waals surface area contributed by atoms with Crippen LogP contribution in [0.1, 0.15) is 17.7 Å². The Kier molecular flexibility index (Phi) is 14.5. The predicted molar refractivity (Wildman–Crippen MR) is 208 cm³/mol. The van der Waals surface area contributed by atoms with Gasteiger partial charge >= 0.3 is 0 Å². The van der Waals surface area contributed by atoms with Crippen molar-refractivity contribution in [3.8, 4) is 28.4 Å². The molecule has 5 rings (SSSR count). The van der Waals surface area contributed by atoms with Crippen molar-refractivity contribution in [2.75, 3.05) is 55.8 Å². The fourth-order valence-electron chi connectivity index (χ4n) is 5.05. The van der Waals surface area contributed by atoms with Crippen LogP contribution in [-0.4, -0.2) is 86.3 Å². The van der Waals surface area contributed by atoms with E-state index >= 15 is 0 Å². The predicted octanol–water partition coefficient (Wildman–Crippen LogP) is 5.25. The molecule has 0 aliphatic carbocycles. The maximum Gasteiger partial charge on any atom is 0.282 e. The number of sulfonamides is 3. The molecule has 14 nitrogen and oxygen atoms in total. The molecule has 4 N–H and O–H groups in total. The fourth-order valence-corrected chi connectivity index (χ4v) is 6.69. The van der Waals surface area contributed by atoms with Crippen molar-refractivity contribution in [1.82, 2.24) is 14.7 Å². The Hall–Kier alpha value is -5.15. The maximum absolute atomic E-state index is 14.0. The number of nitrogens with one attached hydrogen (secondary N) is 2. The molecule has 302 valence electrons. The minimum atomic E-state index is -3.90. The zero-order valence-electron chi connectivity index (χ0n) is 30.7. The summed E-state index contributed by atoms with van der Waals surface area (Å²) in [5.74, 6) is 0.0220. The number of aromatic nitrogens is 2. The quantitative estimate of drug-likeness (QED) is 0.118. The molecule has 5 aromatic rings. The molecule has 0 atom stereocenters. The zero-order valence-corrected chi connectivity index (χ0v) is 33.1. The third-order valence-electron chi connectivity index (χ3n) is 7.75. The number of nitrogens with zero attached hydrogens (tertiary/aromatic N) is 3. The Bertz CT molecular complexity index is 2420. The summed E-state index contributed by atoms with van der Waals surface area (Å²) in [4.78, 5) is 2.01. The van der Waals surface area contributed by atoms with Crippen LogP contribution >= 0.6 is 0 Å². The Balaban J connectivity index is 0.000000249. The van der Waals surface area contributed by atoms with Crippen LogP contribution in [0.25, 0.3) is 16.9 Å². The summed E-state index contributed by atoms with van der Waals surface area (Å²) >= 11 is 0. The molecule has 0 fully saturated rings. The van der Waals surface area contributed by atoms with Crippen LogP contribution in [0.4, 0.5) is 24.5 Å². The highest BCUT2D eigenvalue weighted by Gasteiger charge is 2.19. The van der Waals surface area contributed by atoms with Gasteiger partial charge in [-0.2, -0.15) is 5.10 Å². The van der Waals surface area contributed by atoms with Gasteiger partial charge < -0.3 is 14.4 Å².